The summed E-state index contributed by atoms with van der Waals surface area (Å²) < 4.78 is 15.6. The zero-order chi connectivity index (χ0) is 19.8. The van der Waals surface area contributed by atoms with Crippen LogP contribution in [0.3, 0.4) is 0 Å². The van der Waals surface area contributed by atoms with Crippen molar-refractivity contribution in [2.75, 3.05) is 32.0 Å². The fraction of sp³-hybridized carbons (Fsp3) is 0.158. The number of carbonyl (C=O) groups is 1. The summed E-state index contributed by atoms with van der Waals surface area (Å²) >= 11 is 6.06. The van der Waals surface area contributed by atoms with Crippen molar-refractivity contribution in [1.82, 2.24) is 0 Å². The fourth-order valence-corrected chi connectivity index (χ4v) is 2.44. The normalized spacial score (nSPS) is 10.6. The Morgan fingerprint density at radius 1 is 1.04 bits per heavy atom. The van der Waals surface area contributed by atoms with Gasteiger partial charge in [-0.15, -0.1) is 0 Å². The number of halogens is 1. The zero-order valence-electron chi connectivity index (χ0n) is 15.0. The second-order valence-corrected chi connectivity index (χ2v) is 5.56. The molecule has 8 heteroatoms. The molecule has 0 saturated heterocycles. The van der Waals surface area contributed by atoms with Gasteiger partial charge in [-0.1, -0.05) is 23.7 Å². The molecule has 0 spiro atoms. The molecule has 0 aliphatic heterocycles. The summed E-state index contributed by atoms with van der Waals surface area (Å²) in [5.41, 5.74) is 0.797. The van der Waals surface area contributed by atoms with Gasteiger partial charge in [-0.05, 0) is 12.1 Å². The minimum atomic E-state index is -0.589. The number of benzene rings is 2. The molecule has 7 nitrogen and oxygen atoms in total. The van der Waals surface area contributed by atoms with Crippen LogP contribution in [0.5, 0.6) is 17.2 Å². The molecule has 2 N–H and O–H groups in total. The van der Waals surface area contributed by atoms with Gasteiger partial charge in [-0.2, -0.15) is 5.26 Å². The van der Waals surface area contributed by atoms with E-state index in [1.165, 1.54) is 27.5 Å². The average Bonchev–Trinajstić information content (AvgIpc) is 2.69. The van der Waals surface area contributed by atoms with Gasteiger partial charge in [0.2, 0.25) is 0 Å². The van der Waals surface area contributed by atoms with Crippen molar-refractivity contribution < 1.29 is 19.0 Å². The molecule has 0 atom stereocenters. The van der Waals surface area contributed by atoms with E-state index in [2.05, 4.69) is 10.6 Å². The lowest BCUT2D eigenvalue weighted by atomic mass is 10.2. The van der Waals surface area contributed by atoms with Gasteiger partial charge in [-0.3, -0.25) is 4.79 Å². The van der Waals surface area contributed by atoms with Gasteiger partial charge in [0.15, 0.2) is 0 Å². The monoisotopic (exact) mass is 387 g/mol. The molecule has 0 bridgehead atoms. The molecular weight excluding hydrogens is 370 g/mol. The molecule has 0 saturated carbocycles. The van der Waals surface area contributed by atoms with Crippen LogP contribution < -0.4 is 24.8 Å². The van der Waals surface area contributed by atoms with Crippen molar-refractivity contribution in [1.29, 1.82) is 5.26 Å². The second-order valence-electron chi connectivity index (χ2n) is 5.16. The summed E-state index contributed by atoms with van der Waals surface area (Å²) in [6, 6.07) is 11.9. The quantitative estimate of drug-likeness (QED) is 0.554. The highest BCUT2D eigenvalue weighted by Gasteiger charge is 2.13. The number of anilines is 2. The molecule has 0 aromatic heterocycles. The SMILES string of the molecule is COc1cc(N/C=C(/C#N)C(=O)Nc2ccccc2OC)c(OC)cc1Cl. The van der Waals surface area contributed by atoms with E-state index in [0.29, 0.717) is 33.6 Å². The van der Waals surface area contributed by atoms with E-state index in [0.717, 1.165) is 0 Å². The molecule has 0 unspecified atom stereocenters. The van der Waals surface area contributed by atoms with Gasteiger partial charge < -0.3 is 24.8 Å². The molecule has 0 radical (unpaired) electrons. The molecule has 0 aliphatic carbocycles. The first-order valence-electron chi connectivity index (χ1n) is 7.76. The number of para-hydroxylation sites is 2. The average molecular weight is 388 g/mol. The molecule has 140 valence electrons. The Morgan fingerprint density at radius 3 is 2.33 bits per heavy atom. The van der Waals surface area contributed by atoms with Crippen molar-refractivity contribution in [2.24, 2.45) is 0 Å². The van der Waals surface area contributed by atoms with Crippen LogP contribution in [0.15, 0.2) is 48.2 Å². The largest absolute Gasteiger partial charge is 0.495 e. The maximum absolute atomic E-state index is 12.4. The van der Waals surface area contributed by atoms with Gasteiger partial charge in [0, 0.05) is 18.3 Å². The van der Waals surface area contributed by atoms with Gasteiger partial charge in [0.25, 0.3) is 5.91 Å². The third kappa shape index (κ3) is 4.84. The number of hydrogen-bond donors (Lipinski definition) is 2. The van der Waals surface area contributed by atoms with Crippen LogP contribution >= 0.6 is 11.6 Å². The summed E-state index contributed by atoms with van der Waals surface area (Å²) in [5.74, 6) is 0.749. The van der Waals surface area contributed by atoms with E-state index in [9.17, 15) is 10.1 Å². The van der Waals surface area contributed by atoms with E-state index < -0.39 is 5.91 Å². The molecule has 2 aromatic rings. The number of ether oxygens (including phenoxy) is 3. The predicted molar refractivity (Wildman–Crippen MR) is 103 cm³/mol. The Kier molecular flexibility index (Phi) is 6.92. The molecule has 0 fully saturated rings. The first-order valence-corrected chi connectivity index (χ1v) is 8.14. The second kappa shape index (κ2) is 9.36. The van der Waals surface area contributed by atoms with Gasteiger partial charge in [0.05, 0.1) is 37.7 Å². The van der Waals surface area contributed by atoms with E-state index in [-0.39, 0.29) is 5.57 Å². The van der Waals surface area contributed by atoms with Crippen LogP contribution in [0.25, 0.3) is 0 Å². The number of carbonyl (C=O) groups excluding carboxylic acids is 1. The van der Waals surface area contributed by atoms with Crippen LogP contribution in [0.2, 0.25) is 5.02 Å². The standard InChI is InChI=1S/C19H18ClN3O4/c1-25-16-7-5-4-6-14(16)23-19(24)12(10-21)11-22-15-9-17(26-2)13(20)8-18(15)27-3/h4-9,11,22H,1-3H3,(H,23,24)/b12-11-. The third-order valence-electron chi connectivity index (χ3n) is 3.57. The van der Waals surface area contributed by atoms with Gasteiger partial charge in [0.1, 0.15) is 28.9 Å². The number of nitriles is 1. The summed E-state index contributed by atoms with van der Waals surface area (Å²) in [6.45, 7) is 0. The van der Waals surface area contributed by atoms with Crippen molar-refractivity contribution >= 4 is 28.9 Å². The number of nitrogens with zero attached hydrogens (tertiary/aromatic N) is 1. The third-order valence-corrected chi connectivity index (χ3v) is 3.86. The minimum absolute atomic E-state index is 0.142. The number of methoxy groups -OCH3 is 3. The van der Waals surface area contributed by atoms with Crippen molar-refractivity contribution in [3.63, 3.8) is 0 Å². The van der Waals surface area contributed by atoms with Crippen molar-refractivity contribution in [3.05, 3.63) is 53.2 Å². The topological polar surface area (TPSA) is 92.6 Å². The molecular formula is C19H18ClN3O4. The predicted octanol–water partition coefficient (Wildman–Crippen LogP) is 3.82. The van der Waals surface area contributed by atoms with Crippen LogP contribution in [0.4, 0.5) is 11.4 Å². The Bertz CT molecular complexity index is 906. The summed E-state index contributed by atoms with van der Waals surface area (Å²) in [6.07, 6.45) is 1.27. The van der Waals surface area contributed by atoms with Gasteiger partial charge >= 0.3 is 0 Å². The highest BCUT2D eigenvalue weighted by atomic mass is 35.5. The van der Waals surface area contributed by atoms with E-state index >= 15 is 0 Å². The van der Waals surface area contributed by atoms with E-state index in [4.69, 9.17) is 25.8 Å². The lowest BCUT2D eigenvalue weighted by molar-refractivity contribution is -0.112. The van der Waals surface area contributed by atoms with Crippen LogP contribution in [-0.4, -0.2) is 27.2 Å². The van der Waals surface area contributed by atoms with E-state index in [1.54, 1.807) is 36.4 Å². The number of nitrogens with one attached hydrogen (secondary N) is 2. The Labute approximate surface area is 162 Å². The summed E-state index contributed by atoms with van der Waals surface area (Å²) in [5, 5.41) is 15.2. The van der Waals surface area contributed by atoms with Crippen LogP contribution in [-0.2, 0) is 4.79 Å². The van der Waals surface area contributed by atoms with Crippen LogP contribution in [0, 0.1) is 11.3 Å². The Balaban J connectivity index is 2.24. The highest BCUT2D eigenvalue weighted by Crippen LogP contribution is 2.36. The first-order chi connectivity index (χ1) is 13.0. The fourth-order valence-electron chi connectivity index (χ4n) is 2.21. The number of amides is 1. The minimum Gasteiger partial charge on any atom is -0.495 e. The molecule has 27 heavy (non-hydrogen) atoms. The Morgan fingerprint density at radius 2 is 1.70 bits per heavy atom. The van der Waals surface area contributed by atoms with E-state index in [1.807, 2.05) is 6.07 Å². The maximum atomic E-state index is 12.4. The molecule has 0 aliphatic rings. The first kappa shape index (κ1) is 19.9. The lowest BCUT2D eigenvalue weighted by Gasteiger charge is -2.12. The van der Waals surface area contributed by atoms with Crippen molar-refractivity contribution in [3.8, 4) is 23.3 Å². The molecule has 2 aromatic carbocycles. The maximum Gasteiger partial charge on any atom is 0.267 e. The van der Waals surface area contributed by atoms with Gasteiger partial charge in [-0.25, -0.2) is 0 Å². The highest BCUT2D eigenvalue weighted by molar-refractivity contribution is 6.32. The molecule has 2 rings (SSSR count). The summed E-state index contributed by atoms with van der Waals surface area (Å²) in [4.78, 5) is 12.4. The number of rotatable bonds is 7. The number of hydrogen-bond acceptors (Lipinski definition) is 6. The zero-order valence-corrected chi connectivity index (χ0v) is 15.8. The van der Waals surface area contributed by atoms with Crippen molar-refractivity contribution in [2.45, 2.75) is 0 Å². The lowest BCUT2D eigenvalue weighted by Crippen LogP contribution is -2.15. The molecule has 0 heterocycles. The smallest absolute Gasteiger partial charge is 0.267 e. The molecule has 1 amide bonds. The van der Waals surface area contributed by atoms with Crippen LogP contribution in [0.1, 0.15) is 0 Å². The Hall–Kier alpha value is -3.37. The summed E-state index contributed by atoms with van der Waals surface area (Å²) in [7, 11) is 4.45.